The van der Waals surface area contributed by atoms with Crippen LogP contribution in [0.4, 0.5) is 0 Å². The van der Waals surface area contributed by atoms with E-state index in [0.717, 1.165) is 17.7 Å². The summed E-state index contributed by atoms with van der Waals surface area (Å²) in [6.07, 6.45) is 0.673. The Morgan fingerprint density at radius 2 is 1.83 bits per heavy atom. The fourth-order valence-corrected chi connectivity index (χ4v) is 4.43. The van der Waals surface area contributed by atoms with Crippen LogP contribution in [0.1, 0.15) is 29.7 Å². The molecule has 24 heavy (non-hydrogen) atoms. The van der Waals surface area contributed by atoms with Gasteiger partial charge in [0.25, 0.3) is 0 Å². The number of fused-ring (bicyclic) bond motifs is 5. The van der Waals surface area contributed by atoms with Gasteiger partial charge in [-0.2, -0.15) is 0 Å². The van der Waals surface area contributed by atoms with Crippen molar-refractivity contribution in [2.75, 3.05) is 0 Å². The Bertz CT molecular complexity index is 846. The molecule has 3 aliphatic heterocycles. The largest absolute Gasteiger partial charge is 0.388 e. The number of benzene rings is 2. The topological polar surface area (TPSA) is 41.9 Å². The highest BCUT2D eigenvalue weighted by Crippen LogP contribution is 2.48. The molecule has 0 unspecified atom stereocenters. The van der Waals surface area contributed by atoms with Crippen LogP contribution in [0, 0.1) is 5.92 Å². The number of hydrogen-bond acceptors (Lipinski definition) is 3. The zero-order valence-electron chi connectivity index (χ0n) is 13.4. The van der Waals surface area contributed by atoms with Crippen LogP contribution in [0.3, 0.4) is 0 Å². The molecule has 0 N–H and O–H groups in total. The predicted octanol–water partition coefficient (Wildman–Crippen LogP) is 2.93. The molecular formula is C20H18N2O2. The molecule has 120 valence electrons. The Kier molecular flexibility index (Phi) is 2.84. The standard InChI is InChI=1S/C20H18N2O2/c1-12-11-14-9-5-6-10-15(14)18-19-16(20(23)22(12)18)17(21-24-19)13-7-3-2-4-8-13/h2-10,12,16,18-19H,11H2,1H3/t12-,16-,18+,19+/m0/s1. The van der Waals surface area contributed by atoms with Gasteiger partial charge in [-0.05, 0) is 24.5 Å². The lowest BCUT2D eigenvalue weighted by Crippen LogP contribution is -2.43. The minimum atomic E-state index is -0.300. The number of hydrogen-bond donors (Lipinski definition) is 0. The van der Waals surface area contributed by atoms with Crippen LogP contribution >= 0.6 is 0 Å². The highest BCUT2D eigenvalue weighted by Gasteiger charge is 2.58. The molecule has 1 fully saturated rings. The molecule has 4 heteroatoms. The van der Waals surface area contributed by atoms with Crippen LogP contribution in [0.2, 0.25) is 0 Å². The lowest BCUT2D eigenvalue weighted by Gasteiger charge is -2.38. The van der Waals surface area contributed by atoms with E-state index >= 15 is 0 Å². The average Bonchev–Trinajstić information content (AvgIpc) is 3.16. The summed E-state index contributed by atoms with van der Waals surface area (Å²) in [4.78, 5) is 21.0. The van der Waals surface area contributed by atoms with Crippen LogP contribution < -0.4 is 0 Å². The highest BCUT2D eigenvalue weighted by atomic mass is 16.6. The van der Waals surface area contributed by atoms with Crippen LogP contribution in [0.5, 0.6) is 0 Å². The van der Waals surface area contributed by atoms with Crippen molar-refractivity contribution in [3.63, 3.8) is 0 Å². The van der Waals surface area contributed by atoms with Crippen molar-refractivity contribution in [1.29, 1.82) is 0 Å². The Labute approximate surface area is 140 Å². The van der Waals surface area contributed by atoms with Crippen LogP contribution in [-0.2, 0) is 16.1 Å². The van der Waals surface area contributed by atoms with Crippen molar-refractivity contribution in [1.82, 2.24) is 4.90 Å². The lowest BCUT2D eigenvalue weighted by atomic mass is 9.86. The molecule has 0 bridgehead atoms. The molecule has 5 rings (SSSR count). The SMILES string of the molecule is C[C@H]1Cc2ccccc2[C@@H]2[C@@H]3ON=C(c4ccccc4)[C@@H]3C(=O)N21. The van der Waals surface area contributed by atoms with Crippen LogP contribution in [0.25, 0.3) is 0 Å². The third kappa shape index (κ3) is 1.74. The van der Waals surface area contributed by atoms with Gasteiger partial charge in [-0.1, -0.05) is 59.8 Å². The van der Waals surface area contributed by atoms with E-state index < -0.39 is 0 Å². The van der Waals surface area contributed by atoms with Gasteiger partial charge in [0.1, 0.15) is 11.6 Å². The van der Waals surface area contributed by atoms with Gasteiger partial charge < -0.3 is 9.74 Å². The maximum atomic E-state index is 13.2. The molecular weight excluding hydrogens is 300 g/mol. The summed E-state index contributed by atoms with van der Waals surface area (Å²) in [6.45, 7) is 2.13. The van der Waals surface area contributed by atoms with Gasteiger partial charge in [0.05, 0.1) is 6.04 Å². The average molecular weight is 318 g/mol. The zero-order valence-corrected chi connectivity index (χ0v) is 13.4. The summed E-state index contributed by atoms with van der Waals surface area (Å²) in [5.74, 6) is -0.155. The van der Waals surface area contributed by atoms with E-state index in [1.807, 2.05) is 41.3 Å². The smallest absolute Gasteiger partial charge is 0.236 e. The van der Waals surface area contributed by atoms with Crippen LogP contribution in [0.15, 0.2) is 59.8 Å². The predicted molar refractivity (Wildman–Crippen MR) is 90.5 cm³/mol. The molecule has 2 aromatic carbocycles. The van der Waals surface area contributed by atoms with Gasteiger partial charge in [0.15, 0.2) is 6.10 Å². The van der Waals surface area contributed by atoms with Crippen molar-refractivity contribution < 1.29 is 9.63 Å². The summed E-state index contributed by atoms with van der Waals surface area (Å²) in [7, 11) is 0. The van der Waals surface area contributed by atoms with Crippen molar-refractivity contribution in [2.24, 2.45) is 11.1 Å². The van der Waals surface area contributed by atoms with Gasteiger partial charge in [0, 0.05) is 11.6 Å². The first-order chi connectivity index (χ1) is 11.8. The minimum Gasteiger partial charge on any atom is -0.388 e. The third-order valence-corrected chi connectivity index (χ3v) is 5.46. The van der Waals surface area contributed by atoms with Crippen molar-refractivity contribution >= 4 is 11.6 Å². The van der Waals surface area contributed by atoms with E-state index in [0.29, 0.717) is 0 Å². The van der Waals surface area contributed by atoms with E-state index in [4.69, 9.17) is 4.84 Å². The molecule has 1 saturated heterocycles. The molecule has 0 aliphatic carbocycles. The number of amides is 1. The van der Waals surface area contributed by atoms with Gasteiger partial charge >= 0.3 is 0 Å². The first kappa shape index (κ1) is 13.8. The van der Waals surface area contributed by atoms with E-state index in [1.54, 1.807) is 0 Å². The maximum absolute atomic E-state index is 13.2. The quantitative estimate of drug-likeness (QED) is 0.811. The number of nitrogens with zero attached hydrogens (tertiary/aromatic N) is 2. The molecule has 0 aromatic heterocycles. The minimum absolute atomic E-state index is 0.0348. The monoisotopic (exact) mass is 318 g/mol. The van der Waals surface area contributed by atoms with Gasteiger partial charge in [-0.25, -0.2) is 0 Å². The van der Waals surface area contributed by atoms with E-state index in [9.17, 15) is 4.79 Å². The molecule has 1 amide bonds. The second kappa shape index (κ2) is 4.94. The first-order valence-corrected chi connectivity index (χ1v) is 8.45. The molecule has 2 aromatic rings. The summed E-state index contributed by atoms with van der Waals surface area (Å²) >= 11 is 0. The fraction of sp³-hybridized carbons (Fsp3) is 0.300. The van der Waals surface area contributed by atoms with Crippen LogP contribution in [-0.4, -0.2) is 28.7 Å². The Balaban J connectivity index is 1.60. The second-order valence-corrected chi connectivity index (χ2v) is 6.83. The third-order valence-electron chi connectivity index (χ3n) is 5.46. The highest BCUT2D eigenvalue weighted by molar-refractivity contribution is 6.15. The number of rotatable bonds is 1. The molecule has 4 atom stereocenters. The van der Waals surface area contributed by atoms with Crippen molar-refractivity contribution in [3.05, 3.63) is 71.3 Å². The summed E-state index contributed by atoms with van der Waals surface area (Å²) in [5.41, 5.74) is 4.27. The van der Waals surface area contributed by atoms with Crippen molar-refractivity contribution in [2.45, 2.75) is 31.5 Å². The molecule has 0 radical (unpaired) electrons. The van der Waals surface area contributed by atoms with E-state index in [-0.39, 0.29) is 30.0 Å². The first-order valence-electron chi connectivity index (χ1n) is 8.45. The molecule has 0 spiro atoms. The zero-order chi connectivity index (χ0) is 16.3. The maximum Gasteiger partial charge on any atom is 0.236 e. The summed E-state index contributed by atoms with van der Waals surface area (Å²) in [6, 6.07) is 18.4. The summed E-state index contributed by atoms with van der Waals surface area (Å²) < 4.78 is 0. The van der Waals surface area contributed by atoms with E-state index in [1.165, 1.54) is 11.1 Å². The van der Waals surface area contributed by atoms with Gasteiger partial charge in [-0.3, -0.25) is 4.79 Å². The second-order valence-electron chi connectivity index (χ2n) is 6.83. The number of oxime groups is 1. The van der Waals surface area contributed by atoms with Crippen molar-refractivity contribution in [3.8, 4) is 0 Å². The Hall–Kier alpha value is -2.62. The Morgan fingerprint density at radius 1 is 1.08 bits per heavy atom. The van der Waals surface area contributed by atoms with Gasteiger partial charge in [0.2, 0.25) is 5.91 Å². The fourth-order valence-electron chi connectivity index (χ4n) is 4.43. The van der Waals surface area contributed by atoms with E-state index in [2.05, 4.69) is 30.3 Å². The molecule has 0 saturated carbocycles. The number of carbonyl (C=O) groups excluding carboxylic acids is 1. The molecule has 3 aliphatic rings. The van der Waals surface area contributed by atoms with Gasteiger partial charge in [-0.15, -0.1) is 0 Å². The lowest BCUT2D eigenvalue weighted by molar-refractivity contribution is -0.132. The molecule has 4 nitrogen and oxygen atoms in total. The Morgan fingerprint density at radius 3 is 2.67 bits per heavy atom. The number of carbonyl (C=O) groups is 1. The summed E-state index contributed by atoms with van der Waals surface area (Å²) in [5, 5.41) is 4.30. The normalized spacial score (nSPS) is 30.3. The molecule has 3 heterocycles.